The quantitative estimate of drug-likeness (QED) is 0.654. The summed E-state index contributed by atoms with van der Waals surface area (Å²) >= 11 is 0. The molecule has 60 valence electrons. The first-order chi connectivity index (χ1) is 5.47. The number of hydrogen-bond donors (Lipinski definition) is 1. The van der Waals surface area contributed by atoms with E-state index in [1.54, 1.807) is 0 Å². The van der Waals surface area contributed by atoms with Gasteiger partial charge in [0, 0.05) is 18.3 Å². The largest absolute Gasteiger partial charge is 0.348 e. The average molecular weight is 150 g/mol. The monoisotopic (exact) mass is 150 g/mol. The number of hydrogen-bond acceptors (Lipinski definition) is 1. The maximum absolute atomic E-state index is 4.28. The molecule has 0 aliphatic heterocycles. The van der Waals surface area contributed by atoms with Crippen molar-refractivity contribution in [3.63, 3.8) is 0 Å². The summed E-state index contributed by atoms with van der Waals surface area (Å²) in [4.78, 5) is 7.48. The summed E-state index contributed by atoms with van der Waals surface area (Å²) in [6.45, 7) is 0. The van der Waals surface area contributed by atoms with Crippen LogP contribution >= 0.6 is 0 Å². The predicted molar refractivity (Wildman–Crippen MR) is 44.4 cm³/mol. The Morgan fingerprint density at radius 2 is 2.09 bits per heavy atom. The van der Waals surface area contributed by atoms with Gasteiger partial charge in [-0.3, -0.25) is 0 Å². The fraction of sp³-hybridized carbons (Fsp3) is 0.667. The molecule has 1 aromatic heterocycles. The molecule has 1 N–H and O–H groups in total. The van der Waals surface area contributed by atoms with Crippen molar-refractivity contribution in [2.24, 2.45) is 0 Å². The molecule has 0 spiro atoms. The van der Waals surface area contributed by atoms with E-state index in [1.165, 1.54) is 37.9 Å². The van der Waals surface area contributed by atoms with E-state index in [1.807, 2.05) is 12.4 Å². The molecule has 1 aromatic rings. The number of H-pyrrole nitrogens is 1. The molecule has 0 aromatic carbocycles. The van der Waals surface area contributed by atoms with Crippen molar-refractivity contribution in [2.45, 2.75) is 38.0 Å². The van der Waals surface area contributed by atoms with E-state index in [0.717, 1.165) is 5.92 Å². The number of rotatable bonds is 1. The van der Waals surface area contributed by atoms with Crippen LogP contribution in [0.2, 0.25) is 0 Å². The van der Waals surface area contributed by atoms with E-state index in [2.05, 4.69) is 9.97 Å². The van der Waals surface area contributed by atoms with Gasteiger partial charge in [-0.25, -0.2) is 4.98 Å². The minimum Gasteiger partial charge on any atom is -0.348 e. The fourth-order valence-corrected chi connectivity index (χ4v) is 1.88. The first-order valence-electron chi connectivity index (χ1n) is 4.46. The minimum atomic E-state index is 0.721. The molecule has 0 amide bonds. The summed E-state index contributed by atoms with van der Waals surface area (Å²) < 4.78 is 0. The Labute approximate surface area is 67.0 Å². The van der Waals surface area contributed by atoms with Gasteiger partial charge in [0.05, 0.1) is 0 Å². The van der Waals surface area contributed by atoms with Gasteiger partial charge in [-0.05, 0) is 12.8 Å². The van der Waals surface area contributed by atoms with Crippen molar-refractivity contribution in [1.82, 2.24) is 9.97 Å². The summed E-state index contributed by atoms with van der Waals surface area (Å²) in [6, 6.07) is 0. The molecule has 1 aliphatic rings. The van der Waals surface area contributed by atoms with Gasteiger partial charge in [0.15, 0.2) is 0 Å². The molecule has 1 heterocycles. The molecule has 11 heavy (non-hydrogen) atoms. The first kappa shape index (κ1) is 6.89. The third-order valence-corrected chi connectivity index (χ3v) is 2.51. The number of nitrogens with one attached hydrogen (secondary N) is 1. The summed E-state index contributed by atoms with van der Waals surface area (Å²) in [5.41, 5.74) is 0. The maximum Gasteiger partial charge on any atom is 0.109 e. The lowest BCUT2D eigenvalue weighted by molar-refractivity contribution is 0.431. The van der Waals surface area contributed by atoms with Crippen LogP contribution in [0, 0.1) is 0 Å². The van der Waals surface area contributed by atoms with E-state index in [-0.39, 0.29) is 0 Å². The summed E-state index contributed by atoms with van der Waals surface area (Å²) in [5, 5.41) is 0. The molecule has 0 unspecified atom stereocenters. The molecule has 1 aliphatic carbocycles. The van der Waals surface area contributed by atoms with Crippen LogP contribution in [-0.4, -0.2) is 9.97 Å². The summed E-state index contributed by atoms with van der Waals surface area (Å²) in [5.74, 6) is 1.92. The summed E-state index contributed by atoms with van der Waals surface area (Å²) in [7, 11) is 0. The lowest BCUT2D eigenvalue weighted by Gasteiger charge is -2.18. The molecular formula is C9H14N2. The highest BCUT2D eigenvalue weighted by molar-refractivity contribution is 4.97. The van der Waals surface area contributed by atoms with Crippen molar-refractivity contribution in [3.8, 4) is 0 Å². The van der Waals surface area contributed by atoms with Gasteiger partial charge in [-0.15, -0.1) is 0 Å². The minimum absolute atomic E-state index is 0.721. The Kier molecular flexibility index (Phi) is 1.93. The Morgan fingerprint density at radius 3 is 2.73 bits per heavy atom. The highest BCUT2D eigenvalue weighted by Crippen LogP contribution is 2.30. The van der Waals surface area contributed by atoms with Gasteiger partial charge in [0.2, 0.25) is 0 Å². The lowest BCUT2D eigenvalue weighted by atomic mass is 9.89. The molecule has 1 saturated carbocycles. The van der Waals surface area contributed by atoms with Crippen molar-refractivity contribution in [1.29, 1.82) is 0 Å². The molecular weight excluding hydrogens is 136 g/mol. The second-order valence-electron chi connectivity index (χ2n) is 3.31. The van der Waals surface area contributed by atoms with Crippen molar-refractivity contribution in [3.05, 3.63) is 18.2 Å². The van der Waals surface area contributed by atoms with Crippen LogP contribution in [0.25, 0.3) is 0 Å². The fourth-order valence-electron chi connectivity index (χ4n) is 1.88. The first-order valence-corrected chi connectivity index (χ1v) is 4.46. The number of nitrogens with zero attached hydrogens (tertiary/aromatic N) is 1. The number of aromatic nitrogens is 2. The zero-order valence-corrected chi connectivity index (χ0v) is 6.71. The van der Waals surface area contributed by atoms with Crippen molar-refractivity contribution < 1.29 is 0 Å². The van der Waals surface area contributed by atoms with E-state index in [9.17, 15) is 0 Å². The van der Waals surface area contributed by atoms with E-state index >= 15 is 0 Å². The SMILES string of the molecule is c1c[nH]c(C2CCCCC2)n1. The van der Waals surface area contributed by atoms with E-state index in [4.69, 9.17) is 0 Å². The smallest absolute Gasteiger partial charge is 0.109 e. The Balaban J connectivity index is 2.04. The normalized spacial score (nSPS) is 20.4. The van der Waals surface area contributed by atoms with Crippen LogP contribution in [0.15, 0.2) is 12.4 Å². The average Bonchev–Trinajstić information content (AvgIpc) is 2.58. The second-order valence-corrected chi connectivity index (χ2v) is 3.31. The lowest BCUT2D eigenvalue weighted by Crippen LogP contribution is -2.05. The van der Waals surface area contributed by atoms with Gasteiger partial charge in [0.25, 0.3) is 0 Å². The predicted octanol–water partition coefficient (Wildman–Crippen LogP) is 2.46. The molecule has 2 rings (SSSR count). The molecule has 0 atom stereocenters. The van der Waals surface area contributed by atoms with Gasteiger partial charge in [-0.2, -0.15) is 0 Å². The Bertz CT molecular complexity index is 197. The van der Waals surface area contributed by atoms with Gasteiger partial charge in [0.1, 0.15) is 5.82 Å². The molecule has 0 saturated heterocycles. The van der Waals surface area contributed by atoms with Crippen molar-refractivity contribution in [2.75, 3.05) is 0 Å². The standard InChI is InChI=1S/C9H14N2/c1-2-4-8(5-3-1)9-10-6-7-11-9/h6-8H,1-5H2,(H,10,11). The maximum atomic E-state index is 4.28. The van der Waals surface area contributed by atoms with Crippen LogP contribution in [0.5, 0.6) is 0 Å². The van der Waals surface area contributed by atoms with Crippen LogP contribution < -0.4 is 0 Å². The van der Waals surface area contributed by atoms with Crippen LogP contribution in [0.4, 0.5) is 0 Å². The number of imidazole rings is 1. The number of aromatic amines is 1. The molecule has 0 radical (unpaired) electrons. The third kappa shape index (κ3) is 1.44. The second kappa shape index (κ2) is 3.07. The van der Waals surface area contributed by atoms with Crippen LogP contribution in [0.1, 0.15) is 43.8 Å². The third-order valence-electron chi connectivity index (χ3n) is 2.51. The topological polar surface area (TPSA) is 28.7 Å². The molecule has 1 fully saturated rings. The van der Waals surface area contributed by atoms with Gasteiger partial charge >= 0.3 is 0 Å². The highest BCUT2D eigenvalue weighted by atomic mass is 14.9. The highest BCUT2D eigenvalue weighted by Gasteiger charge is 2.16. The van der Waals surface area contributed by atoms with Gasteiger partial charge in [-0.1, -0.05) is 19.3 Å². The van der Waals surface area contributed by atoms with Gasteiger partial charge < -0.3 is 4.98 Å². The van der Waals surface area contributed by atoms with Crippen LogP contribution in [0.3, 0.4) is 0 Å². The molecule has 2 heteroatoms. The van der Waals surface area contributed by atoms with Crippen molar-refractivity contribution >= 4 is 0 Å². The molecule has 0 bridgehead atoms. The Morgan fingerprint density at radius 1 is 1.27 bits per heavy atom. The Hall–Kier alpha value is -0.790. The van der Waals surface area contributed by atoms with E-state index in [0.29, 0.717) is 0 Å². The summed E-state index contributed by atoms with van der Waals surface area (Å²) in [6.07, 6.45) is 10.6. The van der Waals surface area contributed by atoms with E-state index < -0.39 is 0 Å². The zero-order chi connectivity index (χ0) is 7.52. The molecule has 2 nitrogen and oxygen atoms in total. The zero-order valence-electron chi connectivity index (χ0n) is 6.71. The van der Waals surface area contributed by atoms with Crippen LogP contribution in [-0.2, 0) is 0 Å².